The van der Waals surface area contributed by atoms with Crippen molar-refractivity contribution in [3.8, 4) is 0 Å². The largest absolute Gasteiger partial charge is 0.376 e. The molecule has 2 aromatic rings. The maximum absolute atomic E-state index is 10.9. The standard InChI is InChI=1S/C21H23NO7/c1-25-19-17(13-6-4-3-5-7-13)28-16-12-27-21(29-18(16)20(19)26-2)14-8-10-15(11-9-14)22(23)24/h3-11,16-21H,12H2,1-2H3/t16-,17+,18-,19+,20+,21-/m1/s1. The van der Waals surface area contributed by atoms with E-state index in [1.807, 2.05) is 30.3 Å². The molecule has 0 N–H and O–H groups in total. The van der Waals surface area contributed by atoms with Gasteiger partial charge >= 0.3 is 0 Å². The summed E-state index contributed by atoms with van der Waals surface area (Å²) in [4.78, 5) is 10.4. The Morgan fingerprint density at radius 1 is 0.931 bits per heavy atom. The van der Waals surface area contributed by atoms with Gasteiger partial charge in [0.05, 0.1) is 11.5 Å². The first-order valence-electron chi connectivity index (χ1n) is 9.39. The van der Waals surface area contributed by atoms with Crippen LogP contribution in [-0.2, 0) is 23.7 Å². The van der Waals surface area contributed by atoms with E-state index in [4.69, 9.17) is 23.7 Å². The number of hydrogen-bond acceptors (Lipinski definition) is 7. The summed E-state index contributed by atoms with van der Waals surface area (Å²) in [5, 5.41) is 10.9. The molecule has 0 radical (unpaired) electrons. The molecule has 154 valence electrons. The predicted molar refractivity (Wildman–Crippen MR) is 102 cm³/mol. The fraction of sp³-hybridized carbons (Fsp3) is 0.429. The average Bonchev–Trinajstić information content (AvgIpc) is 2.78. The van der Waals surface area contributed by atoms with E-state index < -0.39 is 17.3 Å². The lowest BCUT2D eigenvalue weighted by molar-refractivity contribution is -0.384. The van der Waals surface area contributed by atoms with Crippen LogP contribution in [0.15, 0.2) is 54.6 Å². The second kappa shape index (κ2) is 8.56. The molecule has 0 amide bonds. The van der Waals surface area contributed by atoms with Gasteiger partial charge in [-0.2, -0.15) is 0 Å². The molecule has 8 heteroatoms. The monoisotopic (exact) mass is 401 g/mol. The number of nitrogens with zero attached hydrogens (tertiary/aromatic N) is 1. The normalized spacial score (nSPS) is 31.8. The summed E-state index contributed by atoms with van der Waals surface area (Å²) < 4.78 is 29.9. The van der Waals surface area contributed by atoms with Gasteiger partial charge in [-0.15, -0.1) is 0 Å². The van der Waals surface area contributed by atoms with Gasteiger partial charge < -0.3 is 23.7 Å². The summed E-state index contributed by atoms with van der Waals surface area (Å²) in [6, 6.07) is 16.0. The minimum atomic E-state index is -0.663. The molecule has 8 nitrogen and oxygen atoms in total. The van der Waals surface area contributed by atoms with Crippen molar-refractivity contribution in [1.82, 2.24) is 0 Å². The molecule has 29 heavy (non-hydrogen) atoms. The van der Waals surface area contributed by atoms with E-state index in [1.54, 1.807) is 26.4 Å². The third kappa shape index (κ3) is 3.90. The van der Waals surface area contributed by atoms with Crippen LogP contribution in [0.2, 0.25) is 0 Å². The molecule has 0 spiro atoms. The molecule has 2 aromatic carbocycles. The molecular weight excluding hydrogens is 378 g/mol. The summed E-state index contributed by atoms with van der Waals surface area (Å²) in [6.07, 6.45) is -2.43. The minimum absolute atomic E-state index is 0.0170. The first-order chi connectivity index (χ1) is 14.1. The molecule has 2 saturated heterocycles. The van der Waals surface area contributed by atoms with Crippen molar-refractivity contribution in [2.24, 2.45) is 0 Å². The van der Waals surface area contributed by atoms with Crippen LogP contribution in [0, 0.1) is 10.1 Å². The lowest BCUT2D eigenvalue weighted by atomic mass is 9.90. The Bertz CT molecular complexity index is 829. The van der Waals surface area contributed by atoms with Crippen molar-refractivity contribution in [3.05, 3.63) is 75.8 Å². The molecule has 2 aliphatic heterocycles. The minimum Gasteiger partial charge on any atom is -0.376 e. The topological polar surface area (TPSA) is 89.3 Å². The van der Waals surface area contributed by atoms with Crippen molar-refractivity contribution in [2.75, 3.05) is 20.8 Å². The number of methoxy groups -OCH3 is 2. The van der Waals surface area contributed by atoms with Gasteiger partial charge in [0.25, 0.3) is 5.69 Å². The molecule has 0 saturated carbocycles. The van der Waals surface area contributed by atoms with E-state index in [0.717, 1.165) is 5.56 Å². The average molecular weight is 401 g/mol. The van der Waals surface area contributed by atoms with Crippen molar-refractivity contribution >= 4 is 5.69 Å². The van der Waals surface area contributed by atoms with E-state index in [1.165, 1.54) is 12.1 Å². The molecule has 0 unspecified atom stereocenters. The van der Waals surface area contributed by atoms with Crippen molar-refractivity contribution in [3.63, 3.8) is 0 Å². The molecular formula is C21H23NO7. The molecule has 2 aliphatic rings. The van der Waals surface area contributed by atoms with Crippen LogP contribution in [-0.4, -0.2) is 50.2 Å². The van der Waals surface area contributed by atoms with Gasteiger partial charge in [0.15, 0.2) is 6.29 Å². The second-order valence-corrected chi connectivity index (χ2v) is 7.02. The SMILES string of the molecule is CO[C@@H]1[C@@H](OC)[C@H](c2ccccc2)O[C@@H]2CO[C@@H](c3ccc([N+](=O)[O-])cc3)O[C@@H]12. The van der Waals surface area contributed by atoms with Gasteiger partial charge in [-0.1, -0.05) is 30.3 Å². The van der Waals surface area contributed by atoms with Gasteiger partial charge in [-0.05, 0) is 17.7 Å². The maximum atomic E-state index is 10.9. The van der Waals surface area contributed by atoms with Crippen molar-refractivity contribution in [1.29, 1.82) is 0 Å². The molecule has 6 atom stereocenters. The van der Waals surface area contributed by atoms with Gasteiger partial charge in [0.2, 0.25) is 0 Å². The first-order valence-corrected chi connectivity index (χ1v) is 9.39. The number of ether oxygens (including phenoxy) is 5. The molecule has 0 aliphatic carbocycles. The third-order valence-electron chi connectivity index (χ3n) is 5.37. The number of benzene rings is 2. The van der Waals surface area contributed by atoms with E-state index in [2.05, 4.69) is 0 Å². The fourth-order valence-electron chi connectivity index (χ4n) is 3.94. The zero-order valence-corrected chi connectivity index (χ0v) is 16.2. The van der Waals surface area contributed by atoms with E-state index in [0.29, 0.717) is 12.2 Å². The van der Waals surface area contributed by atoms with E-state index >= 15 is 0 Å². The Balaban J connectivity index is 1.55. The summed E-state index contributed by atoms with van der Waals surface area (Å²) in [7, 11) is 3.25. The second-order valence-electron chi connectivity index (χ2n) is 7.02. The molecule has 2 heterocycles. The van der Waals surface area contributed by atoms with Gasteiger partial charge in [0, 0.05) is 31.9 Å². The third-order valence-corrected chi connectivity index (χ3v) is 5.37. The van der Waals surface area contributed by atoms with Crippen LogP contribution in [0.4, 0.5) is 5.69 Å². The Morgan fingerprint density at radius 2 is 1.62 bits per heavy atom. The summed E-state index contributed by atoms with van der Waals surface area (Å²) in [5.41, 5.74) is 1.71. The number of nitro groups is 1. The number of rotatable bonds is 5. The highest BCUT2D eigenvalue weighted by Gasteiger charge is 2.50. The Kier molecular flexibility index (Phi) is 5.89. The molecule has 0 aromatic heterocycles. The smallest absolute Gasteiger partial charge is 0.269 e. The zero-order chi connectivity index (χ0) is 20.4. The van der Waals surface area contributed by atoms with E-state index in [9.17, 15) is 10.1 Å². The van der Waals surface area contributed by atoms with Gasteiger partial charge in [0.1, 0.15) is 30.5 Å². The van der Waals surface area contributed by atoms with Crippen LogP contribution in [0.5, 0.6) is 0 Å². The summed E-state index contributed by atoms with van der Waals surface area (Å²) in [5.74, 6) is 0. The summed E-state index contributed by atoms with van der Waals surface area (Å²) >= 11 is 0. The highest BCUT2D eigenvalue weighted by molar-refractivity contribution is 5.33. The lowest BCUT2D eigenvalue weighted by Gasteiger charge is -2.48. The lowest BCUT2D eigenvalue weighted by Crippen LogP contribution is -2.60. The Hall–Kier alpha value is -2.36. The quantitative estimate of drug-likeness (QED) is 0.561. The molecule has 2 fully saturated rings. The van der Waals surface area contributed by atoms with Crippen molar-refractivity contribution < 1.29 is 28.6 Å². The Labute approximate surface area is 168 Å². The van der Waals surface area contributed by atoms with Gasteiger partial charge in [-0.25, -0.2) is 0 Å². The number of fused-ring (bicyclic) bond motifs is 1. The van der Waals surface area contributed by atoms with Crippen LogP contribution in [0.1, 0.15) is 23.5 Å². The highest BCUT2D eigenvalue weighted by atomic mass is 16.7. The van der Waals surface area contributed by atoms with Crippen LogP contribution >= 0.6 is 0 Å². The van der Waals surface area contributed by atoms with Crippen molar-refractivity contribution in [2.45, 2.75) is 36.8 Å². The van der Waals surface area contributed by atoms with Gasteiger partial charge in [-0.3, -0.25) is 10.1 Å². The molecule has 0 bridgehead atoms. The van der Waals surface area contributed by atoms with Crippen LogP contribution in [0.25, 0.3) is 0 Å². The number of non-ortho nitro benzene ring substituents is 1. The highest BCUT2D eigenvalue weighted by Crippen LogP contribution is 2.41. The van der Waals surface area contributed by atoms with E-state index in [-0.39, 0.29) is 30.1 Å². The fourth-order valence-corrected chi connectivity index (χ4v) is 3.94. The predicted octanol–water partition coefficient (Wildman–Crippen LogP) is 3.18. The van der Waals surface area contributed by atoms with Crippen LogP contribution in [0.3, 0.4) is 0 Å². The first kappa shape index (κ1) is 19.9. The Morgan fingerprint density at radius 3 is 2.24 bits per heavy atom. The summed E-state index contributed by atoms with van der Waals surface area (Å²) in [6.45, 7) is 0.311. The molecule has 4 rings (SSSR count). The number of nitro benzene ring substituents is 1. The maximum Gasteiger partial charge on any atom is 0.269 e. The van der Waals surface area contributed by atoms with Crippen LogP contribution < -0.4 is 0 Å². The number of hydrogen-bond donors (Lipinski definition) is 0. The zero-order valence-electron chi connectivity index (χ0n) is 16.2.